The van der Waals surface area contributed by atoms with E-state index < -0.39 is 17.8 Å². The molecule has 8 heteroatoms. The number of hydrogen-bond acceptors (Lipinski definition) is 4. The van der Waals surface area contributed by atoms with E-state index in [1.165, 1.54) is 0 Å². The van der Waals surface area contributed by atoms with Gasteiger partial charge in [0, 0.05) is 21.8 Å². The van der Waals surface area contributed by atoms with Gasteiger partial charge in [0.25, 0.3) is 0 Å². The molecule has 0 saturated heterocycles. The lowest BCUT2D eigenvalue weighted by molar-refractivity contribution is -0.273. The molecule has 0 radical (unpaired) electrons. The number of rotatable bonds is 2. The van der Waals surface area contributed by atoms with E-state index in [2.05, 4.69) is 10.6 Å². The fourth-order valence-corrected chi connectivity index (χ4v) is 6.04. The molecule has 1 aliphatic carbocycles. The fraction of sp³-hybridized carbons (Fsp3) is 0.381. The second kappa shape index (κ2) is 6.40. The molecule has 0 aromatic heterocycles. The maximum Gasteiger partial charge on any atom is 0.419 e. The molecule has 3 aliphatic rings. The van der Waals surface area contributed by atoms with Crippen LogP contribution in [0, 0.1) is 0 Å². The number of thioether (sulfide) groups is 1. The maximum atomic E-state index is 14.2. The molecule has 1 amide bonds. The highest BCUT2D eigenvalue weighted by Gasteiger charge is 2.62. The monoisotopic (exact) mass is 420 g/mol. The SMILES string of the molecule is O=C1Cc2c(cccc2NC2c3cccc4c3C(CCS4)CC2(O)C(F)(F)F)N1. The maximum absolute atomic E-state index is 14.2. The standard InChI is InChI=1S/C21H19F3N2O2S/c22-21(23,24)20(28)10-11-7-8-29-16-6-1-3-12(18(11)16)19(20)26-15-5-2-4-14-13(15)9-17(27)25-14/h1-6,11,19,26,28H,7-10H2,(H,25,27). The number of aliphatic hydroxyl groups is 1. The number of fused-ring (bicyclic) bond motifs is 1. The van der Waals surface area contributed by atoms with Crippen LogP contribution < -0.4 is 10.6 Å². The molecule has 4 nitrogen and oxygen atoms in total. The summed E-state index contributed by atoms with van der Waals surface area (Å²) in [7, 11) is 0. The lowest BCUT2D eigenvalue weighted by Gasteiger charge is -2.47. The van der Waals surface area contributed by atoms with Crippen molar-refractivity contribution in [1.29, 1.82) is 0 Å². The largest absolute Gasteiger partial charge is 0.419 e. The van der Waals surface area contributed by atoms with Crippen LogP contribution in [-0.4, -0.2) is 28.5 Å². The quantitative estimate of drug-likeness (QED) is 0.664. The Morgan fingerprint density at radius 3 is 2.79 bits per heavy atom. The minimum absolute atomic E-state index is 0.0983. The summed E-state index contributed by atoms with van der Waals surface area (Å²) in [5, 5.41) is 16.7. The topological polar surface area (TPSA) is 61.4 Å². The van der Waals surface area contributed by atoms with Crippen LogP contribution in [0.15, 0.2) is 41.3 Å². The molecule has 152 valence electrons. The molecule has 2 aromatic carbocycles. The zero-order chi connectivity index (χ0) is 20.4. The third-order valence-electron chi connectivity index (χ3n) is 6.16. The molecular weight excluding hydrogens is 401 g/mol. The zero-order valence-electron chi connectivity index (χ0n) is 15.3. The van der Waals surface area contributed by atoms with Crippen LogP contribution in [0.1, 0.15) is 41.5 Å². The minimum atomic E-state index is -4.80. The number of halogens is 3. The predicted octanol–water partition coefficient (Wildman–Crippen LogP) is 4.61. The molecular formula is C21H19F3N2O2S. The van der Waals surface area contributed by atoms with E-state index >= 15 is 0 Å². The molecule has 5 rings (SSSR count). The van der Waals surface area contributed by atoms with Crippen molar-refractivity contribution in [2.75, 3.05) is 16.4 Å². The molecule has 2 aromatic rings. The lowest BCUT2D eigenvalue weighted by atomic mass is 9.69. The fourth-order valence-electron chi connectivity index (χ4n) is 4.80. The minimum Gasteiger partial charge on any atom is -0.379 e. The number of hydrogen-bond donors (Lipinski definition) is 3. The van der Waals surface area contributed by atoms with Gasteiger partial charge in [0.1, 0.15) is 0 Å². The molecule has 3 atom stereocenters. The van der Waals surface area contributed by atoms with Crippen molar-refractivity contribution in [2.24, 2.45) is 0 Å². The number of amides is 1. The second-order valence-electron chi connectivity index (χ2n) is 7.85. The molecule has 0 spiro atoms. The Morgan fingerprint density at radius 2 is 2.00 bits per heavy atom. The van der Waals surface area contributed by atoms with E-state index in [9.17, 15) is 23.1 Å². The van der Waals surface area contributed by atoms with Crippen molar-refractivity contribution in [3.8, 4) is 0 Å². The summed E-state index contributed by atoms with van der Waals surface area (Å²) in [4.78, 5) is 12.8. The Hall–Kier alpha value is -2.19. The Morgan fingerprint density at radius 1 is 1.21 bits per heavy atom. The Balaban J connectivity index is 1.65. The molecule has 3 N–H and O–H groups in total. The van der Waals surface area contributed by atoms with Gasteiger partial charge in [-0.2, -0.15) is 13.2 Å². The predicted molar refractivity (Wildman–Crippen MR) is 105 cm³/mol. The van der Waals surface area contributed by atoms with Gasteiger partial charge in [-0.25, -0.2) is 0 Å². The second-order valence-corrected chi connectivity index (χ2v) is 8.99. The first-order valence-corrected chi connectivity index (χ1v) is 10.5. The number of carbonyl (C=O) groups excluding carboxylic acids is 1. The number of alkyl halides is 3. The number of anilines is 2. The van der Waals surface area contributed by atoms with Crippen molar-refractivity contribution in [1.82, 2.24) is 0 Å². The summed E-state index contributed by atoms with van der Waals surface area (Å²) < 4.78 is 42.5. The van der Waals surface area contributed by atoms with E-state index in [0.717, 1.165) is 16.2 Å². The molecule has 0 saturated carbocycles. The van der Waals surface area contributed by atoms with Crippen molar-refractivity contribution in [2.45, 2.75) is 47.9 Å². The summed E-state index contributed by atoms with van der Waals surface area (Å²) in [5.74, 6) is 0.224. The first-order valence-electron chi connectivity index (χ1n) is 9.51. The van der Waals surface area contributed by atoms with Gasteiger partial charge in [0.2, 0.25) is 5.91 Å². The molecule has 2 aliphatic heterocycles. The van der Waals surface area contributed by atoms with Gasteiger partial charge in [0.05, 0.1) is 12.5 Å². The number of carbonyl (C=O) groups is 1. The van der Waals surface area contributed by atoms with Crippen LogP contribution >= 0.6 is 11.8 Å². The van der Waals surface area contributed by atoms with Gasteiger partial charge in [-0.1, -0.05) is 18.2 Å². The van der Waals surface area contributed by atoms with E-state index in [-0.39, 0.29) is 24.7 Å². The summed E-state index contributed by atoms with van der Waals surface area (Å²) in [5.41, 5.74) is 0.160. The summed E-state index contributed by atoms with van der Waals surface area (Å²) in [6.45, 7) is 0. The van der Waals surface area contributed by atoms with E-state index in [1.807, 2.05) is 6.07 Å². The summed E-state index contributed by atoms with van der Waals surface area (Å²) in [6, 6.07) is 9.08. The first-order chi connectivity index (χ1) is 13.8. The first kappa shape index (κ1) is 18.8. The van der Waals surface area contributed by atoms with Crippen LogP contribution in [0.3, 0.4) is 0 Å². The van der Waals surface area contributed by atoms with Crippen molar-refractivity contribution in [3.05, 3.63) is 53.1 Å². The molecule has 29 heavy (non-hydrogen) atoms. The normalized spacial score (nSPS) is 27.8. The highest BCUT2D eigenvalue weighted by molar-refractivity contribution is 7.99. The van der Waals surface area contributed by atoms with Gasteiger partial charge in [0.15, 0.2) is 5.60 Å². The van der Waals surface area contributed by atoms with Crippen LogP contribution in [-0.2, 0) is 11.2 Å². The summed E-state index contributed by atoms with van der Waals surface area (Å²) in [6.07, 6.45) is -4.46. The van der Waals surface area contributed by atoms with Crippen molar-refractivity contribution in [3.63, 3.8) is 0 Å². The van der Waals surface area contributed by atoms with Gasteiger partial charge in [-0.15, -0.1) is 11.8 Å². The molecule has 3 unspecified atom stereocenters. The van der Waals surface area contributed by atoms with Crippen molar-refractivity contribution >= 4 is 29.0 Å². The average molecular weight is 420 g/mol. The van der Waals surface area contributed by atoms with Gasteiger partial charge in [-0.05, 0) is 53.8 Å². The Labute approximate surface area is 169 Å². The molecule has 0 bridgehead atoms. The van der Waals surface area contributed by atoms with E-state index in [0.29, 0.717) is 28.9 Å². The highest BCUT2D eigenvalue weighted by Crippen LogP contribution is 2.56. The van der Waals surface area contributed by atoms with E-state index in [4.69, 9.17) is 0 Å². The van der Waals surface area contributed by atoms with Gasteiger partial charge >= 0.3 is 6.18 Å². The van der Waals surface area contributed by atoms with Crippen LogP contribution in [0.2, 0.25) is 0 Å². The smallest absolute Gasteiger partial charge is 0.379 e. The van der Waals surface area contributed by atoms with Crippen LogP contribution in [0.5, 0.6) is 0 Å². The highest BCUT2D eigenvalue weighted by atomic mass is 32.2. The van der Waals surface area contributed by atoms with Gasteiger partial charge in [-0.3, -0.25) is 4.79 Å². The number of nitrogens with one attached hydrogen (secondary N) is 2. The van der Waals surface area contributed by atoms with Crippen LogP contribution in [0.25, 0.3) is 0 Å². The third-order valence-corrected chi connectivity index (χ3v) is 7.26. The van der Waals surface area contributed by atoms with Crippen molar-refractivity contribution < 1.29 is 23.1 Å². The molecule has 2 heterocycles. The Bertz CT molecular complexity index is 1010. The zero-order valence-corrected chi connectivity index (χ0v) is 16.2. The number of benzene rings is 2. The molecule has 0 fully saturated rings. The van der Waals surface area contributed by atoms with E-state index in [1.54, 1.807) is 42.1 Å². The summed E-state index contributed by atoms with van der Waals surface area (Å²) >= 11 is 1.65. The Kier molecular flexibility index (Phi) is 4.15. The van der Waals surface area contributed by atoms with Crippen LogP contribution in [0.4, 0.5) is 24.5 Å². The third kappa shape index (κ3) is 2.84. The lowest BCUT2D eigenvalue weighted by Crippen LogP contribution is -2.56. The van der Waals surface area contributed by atoms with Gasteiger partial charge < -0.3 is 15.7 Å². The average Bonchev–Trinajstić information content (AvgIpc) is 3.05.